The number of hydrogen-bond acceptors (Lipinski definition) is 4. The fraction of sp³-hybridized carbons (Fsp3) is 0.714. The zero-order valence-corrected chi connectivity index (χ0v) is 11.7. The van der Waals surface area contributed by atoms with Gasteiger partial charge in [-0.3, -0.25) is 0 Å². The van der Waals surface area contributed by atoms with Crippen LogP contribution in [0.4, 0.5) is 5.13 Å². The number of hydrogen-bond donors (Lipinski definition) is 1. The van der Waals surface area contributed by atoms with Crippen LogP contribution in [-0.4, -0.2) is 28.6 Å². The molecule has 0 aromatic carbocycles. The molecule has 3 fully saturated rings. The van der Waals surface area contributed by atoms with Crippen LogP contribution in [0.5, 0.6) is 0 Å². The van der Waals surface area contributed by atoms with Crippen LogP contribution in [0, 0.1) is 5.92 Å². The number of thiazole rings is 1. The van der Waals surface area contributed by atoms with Gasteiger partial charge in [-0.15, -0.1) is 0 Å². The van der Waals surface area contributed by atoms with E-state index in [1.807, 2.05) is 0 Å². The molecule has 1 aromatic rings. The number of nitrogens with zero attached hydrogens (tertiary/aromatic N) is 2. The lowest BCUT2D eigenvalue weighted by molar-refractivity contribution is 0.0700. The molecule has 102 valence electrons. The Morgan fingerprint density at radius 3 is 2.53 bits per heavy atom. The van der Waals surface area contributed by atoms with Crippen molar-refractivity contribution < 1.29 is 9.90 Å². The lowest BCUT2D eigenvalue weighted by atomic mass is 10.2. The molecule has 0 aliphatic heterocycles. The Morgan fingerprint density at radius 2 is 2.00 bits per heavy atom. The normalized spacial score (nSPS) is 22.5. The van der Waals surface area contributed by atoms with E-state index in [4.69, 9.17) is 4.98 Å². The number of aromatic nitrogens is 1. The topological polar surface area (TPSA) is 53.4 Å². The van der Waals surface area contributed by atoms with E-state index in [9.17, 15) is 9.90 Å². The van der Waals surface area contributed by atoms with E-state index in [1.54, 1.807) is 0 Å². The number of carboxylic acid groups (broad SMARTS) is 1. The highest BCUT2D eigenvalue weighted by molar-refractivity contribution is 7.17. The molecule has 0 unspecified atom stereocenters. The molecule has 3 saturated carbocycles. The van der Waals surface area contributed by atoms with Gasteiger partial charge in [0.05, 0.1) is 5.69 Å². The van der Waals surface area contributed by atoms with Crippen LogP contribution in [0.3, 0.4) is 0 Å². The summed E-state index contributed by atoms with van der Waals surface area (Å²) >= 11 is 1.40. The summed E-state index contributed by atoms with van der Waals surface area (Å²) in [6, 6.07) is 0.625. The third-order valence-electron chi connectivity index (χ3n) is 4.19. The van der Waals surface area contributed by atoms with Crippen LogP contribution in [0.2, 0.25) is 0 Å². The monoisotopic (exact) mass is 278 g/mol. The van der Waals surface area contributed by atoms with Crippen molar-refractivity contribution in [2.75, 3.05) is 11.4 Å². The lowest BCUT2D eigenvalue weighted by Crippen LogP contribution is -2.27. The van der Waals surface area contributed by atoms with Gasteiger partial charge in [-0.05, 0) is 44.4 Å². The molecule has 5 heteroatoms. The Morgan fingerprint density at radius 1 is 1.26 bits per heavy atom. The number of aromatic carboxylic acids is 1. The van der Waals surface area contributed by atoms with Crippen molar-refractivity contribution in [2.24, 2.45) is 5.92 Å². The predicted molar refractivity (Wildman–Crippen MR) is 74.1 cm³/mol. The minimum Gasteiger partial charge on any atom is -0.477 e. The van der Waals surface area contributed by atoms with Gasteiger partial charge in [-0.1, -0.05) is 11.3 Å². The van der Waals surface area contributed by atoms with Gasteiger partial charge in [0.1, 0.15) is 4.88 Å². The van der Waals surface area contributed by atoms with Crippen molar-refractivity contribution in [1.82, 2.24) is 4.98 Å². The zero-order chi connectivity index (χ0) is 13.0. The summed E-state index contributed by atoms with van der Waals surface area (Å²) < 4.78 is 0. The third kappa shape index (κ3) is 2.36. The fourth-order valence-corrected chi connectivity index (χ4v) is 3.65. The summed E-state index contributed by atoms with van der Waals surface area (Å²) in [7, 11) is 0. The molecule has 0 amide bonds. The van der Waals surface area contributed by atoms with Crippen molar-refractivity contribution in [3.05, 3.63) is 10.6 Å². The Labute approximate surface area is 116 Å². The van der Waals surface area contributed by atoms with Crippen LogP contribution in [-0.2, 0) is 0 Å². The van der Waals surface area contributed by atoms with Crippen LogP contribution >= 0.6 is 11.3 Å². The second-order valence-corrected chi connectivity index (χ2v) is 7.09. The standard InChI is InChI=1S/C14H18N2O2S/c17-13(18)12-11(9-3-4-9)15-14(19-12)16(10-5-6-10)7-8-1-2-8/h8-10H,1-7H2,(H,17,18). The summed E-state index contributed by atoms with van der Waals surface area (Å²) in [4.78, 5) is 18.9. The minimum absolute atomic E-state index is 0.415. The minimum atomic E-state index is -0.798. The van der Waals surface area contributed by atoms with Gasteiger partial charge in [-0.2, -0.15) is 0 Å². The van der Waals surface area contributed by atoms with Crippen molar-refractivity contribution >= 4 is 22.4 Å². The number of carbonyl (C=O) groups is 1. The second-order valence-electron chi connectivity index (χ2n) is 6.12. The molecule has 1 heterocycles. The van der Waals surface area contributed by atoms with Gasteiger partial charge in [-0.25, -0.2) is 9.78 Å². The van der Waals surface area contributed by atoms with Crippen molar-refractivity contribution in [3.63, 3.8) is 0 Å². The van der Waals surface area contributed by atoms with Crippen molar-refractivity contribution in [1.29, 1.82) is 0 Å². The van der Waals surface area contributed by atoms with Gasteiger partial charge in [0.2, 0.25) is 0 Å². The first-order valence-electron chi connectivity index (χ1n) is 7.23. The first-order valence-corrected chi connectivity index (χ1v) is 8.04. The maximum Gasteiger partial charge on any atom is 0.347 e. The van der Waals surface area contributed by atoms with Crippen molar-refractivity contribution in [3.8, 4) is 0 Å². The van der Waals surface area contributed by atoms with E-state index < -0.39 is 5.97 Å². The van der Waals surface area contributed by atoms with Gasteiger partial charge in [0, 0.05) is 18.5 Å². The first kappa shape index (κ1) is 11.7. The highest BCUT2D eigenvalue weighted by Gasteiger charge is 2.38. The quantitative estimate of drug-likeness (QED) is 0.868. The largest absolute Gasteiger partial charge is 0.477 e. The van der Waals surface area contributed by atoms with Crippen molar-refractivity contribution in [2.45, 2.75) is 50.5 Å². The van der Waals surface area contributed by atoms with Crippen LogP contribution in [0.25, 0.3) is 0 Å². The first-order chi connectivity index (χ1) is 9.22. The Balaban J connectivity index is 1.64. The molecule has 19 heavy (non-hydrogen) atoms. The van der Waals surface area contributed by atoms with E-state index in [0.717, 1.165) is 36.1 Å². The fourth-order valence-electron chi connectivity index (χ4n) is 2.58. The van der Waals surface area contributed by atoms with E-state index in [2.05, 4.69) is 4.90 Å². The van der Waals surface area contributed by atoms with E-state index in [-0.39, 0.29) is 0 Å². The number of rotatable bonds is 6. The third-order valence-corrected chi connectivity index (χ3v) is 5.28. The summed E-state index contributed by atoms with van der Waals surface area (Å²) in [5.41, 5.74) is 0.856. The van der Waals surface area contributed by atoms with Crippen LogP contribution in [0.1, 0.15) is 59.8 Å². The summed E-state index contributed by atoms with van der Waals surface area (Å²) in [6.07, 6.45) is 7.36. The molecule has 0 atom stereocenters. The SMILES string of the molecule is O=C(O)c1sc(N(CC2CC2)C2CC2)nc1C1CC1. The summed E-state index contributed by atoms with van der Waals surface area (Å²) in [5.74, 6) is 0.438. The molecule has 4 nitrogen and oxygen atoms in total. The molecule has 0 spiro atoms. The maximum absolute atomic E-state index is 11.4. The van der Waals surface area contributed by atoms with E-state index >= 15 is 0 Å². The molecule has 0 radical (unpaired) electrons. The molecule has 0 bridgehead atoms. The van der Waals surface area contributed by atoms with Gasteiger partial charge < -0.3 is 10.0 Å². The maximum atomic E-state index is 11.4. The summed E-state index contributed by atoms with van der Waals surface area (Å²) in [6.45, 7) is 1.08. The van der Waals surface area contributed by atoms with Gasteiger partial charge >= 0.3 is 5.97 Å². The van der Waals surface area contributed by atoms with E-state index in [1.165, 1.54) is 37.0 Å². The van der Waals surface area contributed by atoms with Gasteiger partial charge in [0.25, 0.3) is 0 Å². The Kier molecular flexibility index (Phi) is 2.59. The highest BCUT2D eigenvalue weighted by atomic mass is 32.1. The van der Waals surface area contributed by atoms with Crippen LogP contribution < -0.4 is 4.90 Å². The molecular weight excluding hydrogens is 260 g/mol. The smallest absolute Gasteiger partial charge is 0.347 e. The molecule has 1 N–H and O–H groups in total. The predicted octanol–water partition coefficient (Wildman–Crippen LogP) is 3.10. The Bertz CT molecular complexity index is 516. The van der Waals surface area contributed by atoms with E-state index in [0.29, 0.717) is 16.8 Å². The Hall–Kier alpha value is -1.10. The second kappa shape index (κ2) is 4.20. The van der Waals surface area contributed by atoms with Crippen LogP contribution in [0.15, 0.2) is 0 Å². The average molecular weight is 278 g/mol. The number of carboxylic acids is 1. The molecule has 3 aliphatic rings. The molecule has 0 saturated heterocycles. The number of anilines is 1. The highest BCUT2D eigenvalue weighted by Crippen LogP contribution is 2.46. The summed E-state index contributed by atoms with van der Waals surface area (Å²) in [5, 5.41) is 10.3. The molecule has 1 aromatic heterocycles. The molecule has 3 aliphatic carbocycles. The molecular formula is C14H18N2O2S. The lowest BCUT2D eigenvalue weighted by Gasteiger charge is -2.21. The average Bonchev–Trinajstić information content (AvgIpc) is 3.22. The molecule has 4 rings (SSSR count). The van der Waals surface area contributed by atoms with Gasteiger partial charge in [0.15, 0.2) is 5.13 Å². The zero-order valence-electron chi connectivity index (χ0n) is 10.8.